The lowest BCUT2D eigenvalue weighted by Crippen LogP contribution is -2.08. The van der Waals surface area contributed by atoms with Gasteiger partial charge in [-0.2, -0.15) is 0 Å². The van der Waals surface area contributed by atoms with E-state index in [1.165, 1.54) is 0 Å². The zero-order valence-electron chi connectivity index (χ0n) is 11.2. The van der Waals surface area contributed by atoms with Gasteiger partial charge in [-0.05, 0) is 31.2 Å². The largest absolute Gasteiger partial charge is 0.440 e. The van der Waals surface area contributed by atoms with Crippen LogP contribution in [0.2, 0.25) is 0 Å². The van der Waals surface area contributed by atoms with Crippen LogP contribution in [-0.2, 0) is 0 Å². The molecule has 0 aliphatic rings. The zero-order chi connectivity index (χ0) is 14.1. The van der Waals surface area contributed by atoms with E-state index in [1.807, 2.05) is 19.1 Å². The Kier molecular flexibility index (Phi) is 2.99. The maximum absolute atomic E-state index is 12.2. The Labute approximate surface area is 116 Å². The van der Waals surface area contributed by atoms with Crippen molar-refractivity contribution in [3.63, 3.8) is 0 Å². The van der Waals surface area contributed by atoms with E-state index in [-0.39, 0.29) is 0 Å². The molecule has 4 nitrogen and oxygen atoms in total. The molecule has 0 saturated carbocycles. The van der Waals surface area contributed by atoms with Gasteiger partial charge in [0.25, 0.3) is 0 Å². The summed E-state index contributed by atoms with van der Waals surface area (Å²) in [5, 5.41) is 0. The first-order valence-corrected chi connectivity index (χ1v) is 6.28. The molecule has 0 bridgehead atoms. The molecule has 0 fully saturated rings. The molecular weight excluding hydrogens is 254 g/mol. The van der Waals surface area contributed by atoms with Gasteiger partial charge in [0.15, 0.2) is 11.5 Å². The zero-order valence-corrected chi connectivity index (χ0v) is 11.2. The van der Waals surface area contributed by atoms with Crippen molar-refractivity contribution in [1.29, 1.82) is 0 Å². The monoisotopic (exact) mass is 267 g/mol. The normalized spacial score (nSPS) is 10.7. The highest BCUT2D eigenvalue weighted by molar-refractivity contribution is 6.01. The van der Waals surface area contributed by atoms with Crippen molar-refractivity contribution in [2.24, 2.45) is 0 Å². The predicted molar refractivity (Wildman–Crippen MR) is 74.9 cm³/mol. The minimum atomic E-state index is -0.449. The standard InChI is InChI=1S/C16H13NO3/c1-10-6-8-12(9-7-10)20-16(18)13-4-3-5-14-15(13)19-11(2)17-14/h3-9H,1-2H3. The number of hydrogen-bond acceptors (Lipinski definition) is 4. The summed E-state index contributed by atoms with van der Waals surface area (Å²) in [6.45, 7) is 3.72. The summed E-state index contributed by atoms with van der Waals surface area (Å²) in [7, 11) is 0. The summed E-state index contributed by atoms with van der Waals surface area (Å²) in [6.07, 6.45) is 0. The van der Waals surface area contributed by atoms with E-state index in [4.69, 9.17) is 9.15 Å². The Morgan fingerprint density at radius 3 is 2.60 bits per heavy atom. The van der Waals surface area contributed by atoms with Crippen LogP contribution in [0, 0.1) is 13.8 Å². The highest BCUT2D eigenvalue weighted by Gasteiger charge is 2.16. The molecule has 0 aliphatic heterocycles. The third-order valence-corrected chi connectivity index (χ3v) is 2.97. The number of esters is 1. The Hall–Kier alpha value is -2.62. The number of ether oxygens (including phenoxy) is 1. The fourth-order valence-corrected chi connectivity index (χ4v) is 1.99. The van der Waals surface area contributed by atoms with Crippen LogP contribution in [0.3, 0.4) is 0 Å². The smallest absolute Gasteiger partial charge is 0.347 e. The van der Waals surface area contributed by atoms with Crippen LogP contribution >= 0.6 is 0 Å². The summed E-state index contributed by atoms with van der Waals surface area (Å²) in [6, 6.07) is 12.5. The van der Waals surface area contributed by atoms with Gasteiger partial charge in [0.2, 0.25) is 0 Å². The van der Waals surface area contributed by atoms with Gasteiger partial charge < -0.3 is 9.15 Å². The minimum Gasteiger partial charge on any atom is -0.440 e. The van der Waals surface area contributed by atoms with Crippen molar-refractivity contribution in [2.45, 2.75) is 13.8 Å². The van der Waals surface area contributed by atoms with Crippen LogP contribution < -0.4 is 4.74 Å². The fourth-order valence-electron chi connectivity index (χ4n) is 1.99. The summed E-state index contributed by atoms with van der Waals surface area (Å²) in [5.41, 5.74) is 2.60. The number of aryl methyl sites for hydroxylation is 2. The number of fused-ring (bicyclic) bond motifs is 1. The summed E-state index contributed by atoms with van der Waals surface area (Å²) >= 11 is 0. The van der Waals surface area contributed by atoms with Gasteiger partial charge in [-0.3, -0.25) is 0 Å². The Bertz CT molecular complexity index is 772. The van der Waals surface area contributed by atoms with E-state index in [0.29, 0.717) is 28.3 Å². The maximum Gasteiger partial charge on any atom is 0.347 e. The first-order chi connectivity index (χ1) is 9.63. The average Bonchev–Trinajstić information content (AvgIpc) is 2.81. The number of hydrogen-bond donors (Lipinski definition) is 0. The molecule has 1 heterocycles. The second kappa shape index (κ2) is 4.81. The van der Waals surface area contributed by atoms with Crippen molar-refractivity contribution in [3.05, 3.63) is 59.5 Å². The maximum atomic E-state index is 12.2. The minimum absolute atomic E-state index is 0.378. The van der Waals surface area contributed by atoms with E-state index in [1.54, 1.807) is 37.3 Å². The number of rotatable bonds is 2. The van der Waals surface area contributed by atoms with Gasteiger partial charge in [0, 0.05) is 6.92 Å². The molecule has 0 unspecified atom stereocenters. The third-order valence-electron chi connectivity index (χ3n) is 2.97. The van der Waals surface area contributed by atoms with Crippen molar-refractivity contribution in [3.8, 4) is 5.75 Å². The molecule has 0 amide bonds. The van der Waals surface area contributed by atoms with Gasteiger partial charge in [0.05, 0.1) is 0 Å². The van der Waals surface area contributed by atoms with Gasteiger partial charge in [0.1, 0.15) is 16.8 Å². The van der Waals surface area contributed by atoms with Gasteiger partial charge in [-0.25, -0.2) is 9.78 Å². The van der Waals surface area contributed by atoms with Crippen molar-refractivity contribution in [2.75, 3.05) is 0 Å². The highest BCUT2D eigenvalue weighted by Crippen LogP contribution is 2.21. The summed E-state index contributed by atoms with van der Waals surface area (Å²) in [4.78, 5) is 16.4. The molecule has 0 N–H and O–H groups in total. The number of benzene rings is 2. The summed E-state index contributed by atoms with van der Waals surface area (Å²) < 4.78 is 10.8. The van der Waals surface area contributed by atoms with E-state index in [0.717, 1.165) is 5.56 Å². The molecule has 100 valence electrons. The van der Waals surface area contributed by atoms with Crippen molar-refractivity contribution in [1.82, 2.24) is 4.98 Å². The molecular formula is C16H13NO3. The third kappa shape index (κ3) is 2.28. The molecule has 4 heteroatoms. The highest BCUT2D eigenvalue weighted by atomic mass is 16.5. The number of aromatic nitrogens is 1. The molecule has 0 atom stereocenters. The van der Waals surface area contributed by atoms with Crippen LogP contribution in [0.25, 0.3) is 11.1 Å². The second-order valence-electron chi connectivity index (χ2n) is 4.59. The second-order valence-corrected chi connectivity index (χ2v) is 4.59. The van der Waals surface area contributed by atoms with Crippen LogP contribution in [0.4, 0.5) is 0 Å². The molecule has 2 aromatic carbocycles. The van der Waals surface area contributed by atoms with Crippen LogP contribution in [0.1, 0.15) is 21.8 Å². The predicted octanol–water partition coefficient (Wildman–Crippen LogP) is 3.66. The van der Waals surface area contributed by atoms with Gasteiger partial charge >= 0.3 is 5.97 Å². The van der Waals surface area contributed by atoms with Crippen LogP contribution in [-0.4, -0.2) is 11.0 Å². The lowest BCUT2D eigenvalue weighted by molar-refractivity contribution is 0.0735. The SMILES string of the molecule is Cc1ccc(OC(=O)c2cccc3nc(C)oc23)cc1. The van der Waals surface area contributed by atoms with Crippen LogP contribution in [0.15, 0.2) is 46.9 Å². The summed E-state index contributed by atoms with van der Waals surface area (Å²) in [5.74, 6) is 0.583. The Morgan fingerprint density at radius 1 is 1.10 bits per heavy atom. The van der Waals surface area contributed by atoms with Crippen molar-refractivity contribution >= 4 is 17.1 Å². The number of para-hydroxylation sites is 1. The molecule has 20 heavy (non-hydrogen) atoms. The van der Waals surface area contributed by atoms with E-state index in [9.17, 15) is 4.79 Å². The van der Waals surface area contributed by atoms with Crippen LogP contribution in [0.5, 0.6) is 5.75 Å². The molecule has 0 saturated heterocycles. The van der Waals surface area contributed by atoms with Crippen molar-refractivity contribution < 1.29 is 13.9 Å². The number of carbonyl (C=O) groups excluding carboxylic acids is 1. The molecule has 0 spiro atoms. The molecule has 0 radical (unpaired) electrons. The lowest BCUT2D eigenvalue weighted by atomic mass is 10.2. The lowest BCUT2D eigenvalue weighted by Gasteiger charge is -2.04. The molecule has 1 aromatic heterocycles. The van der Waals surface area contributed by atoms with Gasteiger partial charge in [-0.15, -0.1) is 0 Å². The van der Waals surface area contributed by atoms with E-state index < -0.39 is 5.97 Å². The molecule has 3 rings (SSSR count). The first-order valence-electron chi connectivity index (χ1n) is 6.28. The molecule has 3 aromatic rings. The quantitative estimate of drug-likeness (QED) is 0.525. The Balaban J connectivity index is 1.94. The van der Waals surface area contributed by atoms with E-state index in [2.05, 4.69) is 4.98 Å². The average molecular weight is 267 g/mol. The van der Waals surface area contributed by atoms with E-state index >= 15 is 0 Å². The Morgan fingerprint density at radius 2 is 1.85 bits per heavy atom. The number of oxazole rings is 1. The number of nitrogens with zero attached hydrogens (tertiary/aromatic N) is 1. The number of carbonyl (C=O) groups is 1. The first kappa shape index (κ1) is 12.4. The molecule has 0 aliphatic carbocycles. The fraction of sp³-hybridized carbons (Fsp3) is 0.125. The van der Waals surface area contributed by atoms with Gasteiger partial charge in [-0.1, -0.05) is 23.8 Å². The topological polar surface area (TPSA) is 52.3 Å².